The first-order valence-electron chi connectivity index (χ1n) is 3.85. The minimum absolute atomic E-state index is 0.771. The highest BCUT2D eigenvalue weighted by Gasteiger charge is 2.22. The van der Waals surface area contributed by atoms with Crippen LogP contribution >= 0.6 is 15.9 Å². The third kappa shape index (κ3) is 1.63. The van der Waals surface area contributed by atoms with Gasteiger partial charge in [-0.05, 0) is 18.2 Å². The topological polar surface area (TPSA) is 64.5 Å². The van der Waals surface area contributed by atoms with Crippen molar-refractivity contribution >= 4 is 27.3 Å². The van der Waals surface area contributed by atoms with E-state index in [2.05, 4.69) is 26.6 Å². The van der Waals surface area contributed by atoms with Gasteiger partial charge in [0.25, 0.3) is 0 Å². The number of hydrogen-bond acceptors (Lipinski definition) is 4. The van der Waals surface area contributed by atoms with E-state index in [1.54, 1.807) is 0 Å². The van der Waals surface area contributed by atoms with E-state index in [1.165, 1.54) is 0 Å². The molecule has 0 aromatic heterocycles. The van der Waals surface area contributed by atoms with E-state index in [1.807, 2.05) is 18.2 Å². The first kappa shape index (κ1) is 8.80. The molecule has 1 aromatic rings. The molecule has 1 aromatic carbocycles. The average molecular weight is 245 g/mol. The molecule has 0 fully saturated rings. The summed E-state index contributed by atoms with van der Waals surface area (Å²) in [6.07, 6.45) is -1.93. The Morgan fingerprint density at radius 2 is 1.69 bits per heavy atom. The fourth-order valence-electron chi connectivity index (χ4n) is 1.24. The van der Waals surface area contributed by atoms with Gasteiger partial charge in [0.1, 0.15) is 0 Å². The molecule has 2 rings (SSSR count). The van der Waals surface area contributed by atoms with Crippen molar-refractivity contribution in [3.05, 3.63) is 22.7 Å². The number of aliphatic hydroxyl groups excluding tert-OH is 2. The van der Waals surface area contributed by atoms with Gasteiger partial charge in [0.15, 0.2) is 12.5 Å². The molecule has 4 nitrogen and oxygen atoms in total. The Labute approximate surface area is 83.7 Å². The highest BCUT2D eigenvalue weighted by Crippen LogP contribution is 2.30. The van der Waals surface area contributed by atoms with Crippen molar-refractivity contribution in [1.82, 2.24) is 0 Å². The monoisotopic (exact) mass is 244 g/mol. The van der Waals surface area contributed by atoms with E-state index in [9.17, 15) is 10.2 Å². The summed E-state index contributed by atoms with van der Waals surface area (Å²) in [5.41, 5.74) is 1.55. The minimum atomic E-state index is -0.971. The van der Waals surface area contributed by atoms with Gasteiger partial charge < -0.3 is 20.8 Å². The molecule has 2 atom stereocenters. The van der Waals surface area contributed by atoms with Crippen LogP contribution in [0.4, 0.5) is 11.4 Å². The Balaban J connectivity index is 2.37. The van der Waals surface area contributed by atoms with Crippen molar-refractivity contribution in [2.75, 3.05) is 10.6 Å². The van der Waals surface area contributed by atoms with Crippen molar-refractivity contribution < 1.29 is 10.2 Å². The maximum absolute atomic E-state index is 9.28. The first-order valence-corrected chi connectivity index (χ1v) is 4.65. The van der Waals surface area contributed by atoms with Gasteiger partial charge in [-0.3, -0.25) is 0 Å². The van der Waals surface area contributed by atoms with Gasteiger partial charge in [-0.2, -0.15) is 0 Å². The molecule has 70 valence electrons. The summed E-state index contributed by atoms with van der Waals surface area (Å²) in [4.78, 5) is 0. The Bertz CT molecular complexity index is 332. The second kappa shape index (κ2) is 3.17. The number of nitrogens with one attached hydrogen (secondary N) is 2. The fraction of sp³-hybridized carbons (Fsp3) is 0.250. The van der Waals surface area contributed by atoms with Crippen molar-refractivity contribution in [1.29, 1.82) is 0 Å². The lowest BCUT2D eigenvalue weighted by atomic mass is 10.2. The molecule has 1 aliphatic rings. The predicted molar refractivity (Wildman–Crippen MR) is 53.4 cm³/mol. The molecule has 0 bridgehead atoms. The zero-order chi connectivity index (χ0) is 9.42. The van der Waals surface area contributed by atoms with Crippen LogP contribution in [0.15, 0.2) is 22.7 Å². The van der Waals surface area contributed by atoms with Crippen molar-refractivity contribution in [3.8, 4) is 0 Å². The number of benzene rings is 1. The lowest BCUT2D eigenvalue weighted by Gasteiger charge is -2.29. The molecule has 2 unspecified atom stereocenters. The van der Waals surface area contributed by atoms with E-state index in [-0.39, 0.29) is 0 Å². The van der Waals surface area contributed by atoms with E-state index < -0.39 is 12.5 Å². The van der Waals surface area contributed by atoms with Crippen LogP contribution in [0.3, 0.4) is 0 Å². The third-order valence-electron chi connectivity index (χ3n) is 1.89. The molecule has 5 heteroatoms. The molecule has 1 heterocycles. The predicted octanol–water partition coefficient (Wildman–Crippen LogP) is 0.923. The molecule has 0 spiro atoms. The van der Waals surface area contributed by atoms with Crippen LogP contribution in [-0.2, 0) is 0 Å². The first-order chi connectivity index (χ1) is 6.16. The van der Waals surface area contributed by atoms with E-state index in [0.717, 1.165) is 15.8 Å². The van der Waals surface area contributed by atoms with Gasteiger partial charge in [0.05, 0.1) is 11.4 Å². The quantitative estimate of drug-likeness (QED) is 0.549. The van der Waals surface area contributed by atoms with Crippen LogP contribution in [0.1, 0.15) is 0 Å². The molecule has 0 radical (unpaired) electrons. The van der Waals surface area contributed by atoms with Crippen molar-refractivity contribution in [3.63, 3.8) is 0 Å². The summed E-state index contributed by atoms with van der Waals surface area (Å²) < 4.78 is 0.920. The molecule has 1 aliphatic heterocycles. The minimum Gasteiger partial charge on any atom is -0.369 e. The molecule has 0 saturated carbocycles. The molecular formula is C8H9BrN2O2. The Hall–Kier alpha value is -0.780. The summed E-state index contributed by atoms with van der Waals surface area (Å²) in [5, 5.41) is 24.1. The standard InChI is InChI=1S/C8H9BrN2O2/c9-4-1-2-5-6(3-4)11-8(13)7(12)10-5/h1-3,7-8,10-13H. The Morgan fingerprint density at radius 1 is 1.08 bits per heavy atom. The lowest BCUT2D eigenvalue weighted by Crippen LogP contribution is -2.42. The summed E-state index contributed by atoms with van der Waals surface area (Å²) in [7, 11) is 0. The number of aliphatic hydroxyl groups is 2. The smallest absolute Gasteiger partial charge is 0.169 e. The highest BCUT2D eigenvalue weighted by atomic mass is 79.9. The number of halogens is 1. The Kier molecular flexibility index (Phi) is 2.15. The molecule has 0 amide bonds. The van der Waals surface area contributed by atoms with Gasteiger partial charge in [-0.1, -0.05) is 15.9 Å². The van der Waals surface area contributed by atoms with Gasteiger partial charge in [0, 0.05) is 4.47 Å². The van der Waals surface area contributed by atoms with E-state index in [4.69, 9.17) is 0 Å². The summed E-state index contributed by atoms with van der Waals surface area (Å²) in [5.74, 6) is 0. The highest BCUT2D eigenvalue weighted by molar-refractivity contribution is 9.10. The normalized spacial score (nSPS) is 25.8. The van der Waals surface area contributed by atoms with Crippen LogP contribution in [-0.4, -0.2) is 22.7 Å². The SMILES string of the molecule is OC1Nc2ccc(Br)cc2NC1O. The number of anilines is 2. The zero-order valence-corrected chi connectivity index (χ0v) is 8.25. The number of rotatable bonds is 0. The molecule has 0 saturated heterocycles. The summed E-state index contributed by atoms with van der Waals surface area (Å²) in [6, 6.07) is 5.51. The van der Waals surface area contributed by atoms with E-state index in [0.29, 0.717) is 0 Å². The average Bonchev–Trinajstić information content (AvgIpc) is 2.08. The second-order valence-corrected chi connectivity index (χ2v) is 3.78. The van der Waals surface area contributed by atoms with Crippen LogP contribution in [0.25, 0.3) is 0 Å². The van der Waals surface area contributed by atoms with Crippen LogP contribution in [0.2, 0.25) is 0 Å². The zero-order valence-electron chi connectivity index (χ0n) is 6.66. The van der Waals surface area contributed by atoms with Gasteiger partial charge in [-0.25, -0.2) is 0 Å². The van der Waals surface area contributed by atoms with Gasteiger partial charge in [0.2, 0.25) is 0 Å². The summed E-state index contributed by atoms with van der Waals surface area (Å²) >= 11 is 3.31. The van der Waals surface area contributed by atoms with Gasteiger partial charge >= 0.3 is 0 Å². The second-order valence-electron chi connectivity index (χ2n) is 2.87. The Morgan fingerprint density at radius 3 is 2.38 bits per heavy atom. The summed E-state index contributed by atoms with van der Waals surface area (Å²) in [6.45, 7) is 0. The van der Waals surface area contributed by atoms with Crippen LogP contribution in [0.5, 0.6) is 0 Å². The van der Waals surface area contributed by atoms with Crippen molar-refractivity contribution in [2.24, 2.45) is 0 Å². The third-order valence-corrected chi connectivity index (χ3v) is 2.38. The fourth-order valence-corrected chi connectivity index (χ4v) is 1.60. The molecular weight excluding hydrogens is 236 g/mol. The van der Waals surface area contributed by atoms with Crippen LogP contribution in [0, 0.1) is 0 Å². The largest absolute Gasteiger partial charge is 0.369 e. The molecule has 13 heavy (non-hydrogen) atoms. The maximum atomic E-state index is 9.28. The van der Waals surface area contributed by atoms with Crippen LogP contribution < -0.4 is 10.6 Å². The number of fused-ring (bicyclic) bond motifs is 1. The van der Waals surface area contributed by atoms with E-state index >= 15 is 0 Å². The van der Waals surface area contributed by atoms with Gasteiger partial charge in [-0.15, -0.1) is 0 Å². The number of hydrogen-bond donors (Lipinski definition) is 4. The van der Waals surface area contributed by atoms with Crippen molar-refractivity contribution in [2.45, 2.75) is 12.5 Å². The molecule has 4 N–H and O–H groups in total. The molecule has 0 aliphatic carbocycles. The maximum Gasteiger partial charge on any atom is 0.169 e. The lowest BCUT2D eigenvalue weighted by molar-refractivity contribution is 0.0527.